The number of amides is 4. The van der Waals surface area contributed by atoms with E-state index in [0.29, 0.717) is 19.0 Å². The number of likely N-dealkylation sites (tertiary alicyclic amines) is 1. The Kier molecular flexibility index (Phi) is 5.42. The minimum atomic E-state index is -0.0926. The average molecular weight is 396 g/mol. The molecule has 29 heavy (non-hydrogen) atoms. The van der Waals surface area contributed by atoms with E-state index in [9.17, 15) is 9.59 Å². The van der Waals surface area contributed by atoms with Crippen LogP contribution in [0.1, 0.15) is 36.9 Å². The number of carbonyl (C=O) groups excluding carboxylic acids is 2. The highest BCUT2D eigenvalue weighted by Gasteiger charge is 2.27. The van der Waals surface area contributed by atoms with Crippen molar-refractivity contribution in [2.75, 3.05) is 36.4 Å². The summed E-state index contributed by atoms with van der Waals surface area (Å²) < 4.78 is 2.05. The van der Waals surface area contributed by atoms with E-state index in [1.54, 1.807) is 4.90 Å². The topological polar surface area (TPSA) is 82.5 Å². The van der Waals surface area contributed by atoms with E-state index in [0.717, 1.165) is 49.4 Å². The maximum absolute atomic E-state index is 12.8. The lowest BCUT2D eigenvalue weighted by Gasteiger charge is -2.32. The van der Waals surface area contributed by atoms with Crippen molar-refractivity contribution in [1.29, 1.82) is 0 Å². The second kappa shape index (κ2) is 8.14. The van der Waals surface area contributed by atoms with Gasteiger partial charge in [-0.2, -0.15) is 5.10 Å². The number of aromatic nitrogens is 2. The Balaban J connectivity index is 1.40. The largest absolute Gasteiger partial charge is 0.336 e. The quantitative estimate of drug-likeness (QED) is 0.833. The molecule has 2 saturated heterocycles. The highest BCUT2D eigenvalue weighted by Crippen LogP contribution is 2.30. The molecule has 2 aliphatic rings. The Bertz CT molecular complexity index is 900. The van der Waals surface area contributed by atoms with Gasteiger partial charge in [-0.3, -0.25) is 9.58 Å². The summed E-state index contributed by atoms with van der Waals surface area (Å²) in [4.78, 5) is 28.4. The van der Waals surface area contributed by atoms with Crippen LogP contribution < -0.4 is 15.5 Å². The summed E-state index contributed by atoms with van der Waals surface area (Å²) in [7, 11) is 0. The zero-order chi connectivity index (χ0) is 20.4. The number of piperidine rings is 1. The number of rotatable bonds is 4. The molecule has 0 unspecified atom stereocenters. The number of benzene rings is 1. The molecule has 0 radical (unpaired) electrons. The van der Waals surface area contributed by atoms with Gasteiger partial charge in [0.1, 0.15) is 0 Å². The molecule has 0 saturated carbocycles. The Morgan fingerprint density at radius 1 is 1.24 bits per heavy atom. The van der Waals surface area contributed by atoms with Crippen LogP contribution in [-0.4, -0.2) is 52.9 Å². The zero-order valence-corrected chi connectivity index (χ0v) is 17.0. The van der Waals surface area contributed by atoms with Crippen LogP contribution in [0.2, 0.25) is 0 Å². The van der Waals surface area contributed by atoms with Gasteiger partial charge >= 0.3 is 12.1 Å². The Morgan fingerprint density at radius 2 is 2.03 bits per heavy atom. The number of anilines is 2. The SMILES string of the molecule is CCn1nccc1C1CCN(C(=O)Nc2cccc(N3CCNC3=O)c2C)CC1. The van der Waals surface area contributed by atoms with Crippen LogP contribution in [0.3, 0.4) is 0 Å². The van der Waals surface area contributed by atoms with E-state index in [2.05, 4.69) is 28.7 Å². The number of hydrogen-bond donors (Lipinski definition) is 2. The smallest absolute Gasteiger partial charge is 0.322 e. The number of urea groups is 2. The second-order valence-electron chi connectivity index (χ2n) is 7.60. The third-order valence-corrected chi connectivity index (χ3v) is 5.94. The summed E-state index contributed by atoms with van der Waals surface area (Å²) in [5, 5.41) is 10.2. The second-order valence-corrected chi connectivity index (χ2v) is 7.60. The van der Waals surface area contributed by atoms with Crippen molar-refractivity contribution in [2.24, 2.45) is 0 Å². The fourth-order valence-corrected chi connectivity index (χ4v) is 4.28. The molecule has 2 N–H and O–H groups in total. The molecule has 0 bridgehead atoms. The highest BCUT2D eigenvalue weighted by molar-refractivity contribution is 5.97. The summed E-state index contributed by atoms with van der Waals surface area (Å²) in [6.45, 7) is 7.63. The van der Waals surface area contributed by atoms with Crippen molar-refractivity contribution in [2.45, 2.75) is 39.2 Å². The summed E-state index contributed by atoms with van der Waals surface area (Å²) in [6, 6.07) is 7.59. The van der Waals surface area contributed by atoms with Gasteiger partial charge in [0.25, 0.3) is 0 Å². The summed E-state index contributed by atoms with van der Waals surface area (Å²) in [6.07, 6.45) is 3.73. The fourth-order valence-electron chi connectivity index (χ4n) is 4.28. The molecular weight excluding hydrogens is 368 g/mol. The first-order valence-electron chi connectivity index (χ1n) is 10.3. The van der Waals surface area contributed by atoms with Gasteiger partial charge in [-0.1, -0.05) is 6.07 Å². The van der Waals surface area contributed by atoms with Crippen LogP contribution in [0, 0.1) is 6.92 Å². The Hall–Kier alpha value is -3.03. The molecule has 1 aromatic heterocycles. The van der Waals surface area contributed by atoms with Gasteiger partial charge in [0, 0.05) is 56.2 Å². The summed E-state index contributed by atoms with van der Waals surface area (Å²) >= 11 is 0. The Labute approximate surface area is 170 Å². The van der Waals surface area contributed by atoms with Crippen molar-refractivity contribution in [3.63, 3.8) is 0 Å². The van der Waals surface area contributed by atoms with Gasteiger partial charge in [0.15, 0.2) is 0 Å². The van der Waals surface area contributed by atoms with Crippen molar-refractivity contribution in [3.05, 3.63) is 41.7 Å². The molecule has 0 spiro atoms. The third kappa shape index (κ3) is 3.79. The van der Waals surface area contributed by atoms with Crippen LogP contribution in [0.25, 0.3) is 0 Å². The van der Waals surface area contributed by atoms with E-state index in [1.165, 1.54) is 5.69 Å². The number of aryl methyl sites for hydroxylation is 1. The number of hydrogen-bond acceptors (Lipinski definition) is 3. The average Bonchev–Trinajstić information content (AvgIpc) is 3.38. The monoisotopic (exact) mass is 396 g/mol. The molecule has 0 aliphatic carbocycles. The fraction of sp³-hybridized carbons (Fsp3) is 0.476. The van der Waals surface area contributed by atoms with Crippen LogP contribution in [0.5, 0.6) is 0 Å². The predicted octanol–water partition coefficient (Wildman–Crippen LogP) is 3.15. The van der Waals surface area contributed by atoms with Crippen molar-refractivity contribution in [3.8, 4) is 0 Å². The maximum atomic E-state index is 12.8. The van der Waals surface area contributed by atoms with Gasteiger partial charge in [0.2, 0.25) is 0 Å². The molecule has 8 heteroatoms. The first-order valence-corrected chi connectivity index (χ1v) is 10.3. The van der Waals surface area contributed by atoms with Crippen LogP contribution >= 0.6 is 0 Å². The molecule has 2 aliphatic heterocycles. The minimum Gasteiger partial charge on any atom is -0.336 e. The van der Waals surface area contributed by atoms with Crippen molar-refractivity contribution >= 4 is 23.4 Å². The first-order chi connectivity index (χ1) is 14.1. The molecular formula is C21H28N6O2. The lowest BCUT2D eigenvalue weighted by molar-refractivity contribution is 0.193. The van der Waals surface area contributed by atoms with Crippen molar-refractivity contribution < 1.29 is 9.59 Å². The van der Waals surface area contributed by atoms with E-state index < -0.39 is 0 Å². The molecule has 4 rings (SSSR count). The number of nitrogens with zero attached hydrogens (tertiary/aromatic N) is 4. The van der Waals surface area contributed by atoms with E-state index in [4.69, 9.17) is 0 Å². The normalized spacial score (nSPS) is 17.5. The molecule has 1 aromatic carbocycles. The van der Waals surface area contributed by atoms with Gasteiger partial charge < -0.3 is 15.5 Å². The summed E-state index contributed by atoms with van der Waals surface area (Å²) in [5.41, 5.74) is 3.75. The van der Waals surface area contributed by atoms with Gasteiger partial charge in [-0.15, -0.1) is 0 Å². The standard InChI is InChI=1S/C21H28N6O2/c1-3-27-19(7-10-23-27)16-8-12-25(13-9-16)21(29)24-17-5-4-6-18(15(17)2)26-14-11-22-20(26)28/h4-7,10,16H,3,8-9,11-14H2,1-2H3,(H,22,28)(H,24,29). The minimum absolute atomic E-state index is 0.0847. The predicted molar refractivity (Wildman–Crippen MR) is 112 cm³/mol. The number of nitrogens with one attached hydrogen (secondary N) is 2. The van der Waals surface area contributed by atoms with Gasteiger partial charge in [-0.05, 0) is 50.5 Å². The molecule has 8 nitrogen and oxygen atoms in total. The molecule has 2 fully saturated rings. The molecule has 3 heterocycles. The van der Waals surface area contributed by atoms with Crippen LogP contribution in [0.15, 0.2) is 30.5 Å². The van der Waals surface area contributed by atoms with E-state index in [-0.39, 0.29) is 12.1 Å². The van der Waals surface area contributed by atoms with E-state index >= 15 is 0 Å². The maximum Gasteiger partial charge on any atom is 0.322 e. The van der Waals surface area contributed by atoms with Crippen LogP contribution in [-0.2, 0) is 6.54 Å². The zero-order valence-electron chi connectivity index (χ0n) is 17.0. The molecule has 2 aromatic rings. The summed E-state index contributed by atoms with van der Waals surface area (Å²) in [5.74, 6) is 0.445. The lowest BCUT2D eigenvalue weighted by atomic mass is 9.93. The van der Waals surface area contributed by atoms with Crippen molar-refractivity contribution in [1.82, 2.24) is 20.0 Å². The third-order valence-electron chi connectivity index (χ3n) is 5.94. The first kappa shape index (κ1) is 19.3. The molecule has 4 amide bonds. The molecule has 154 valence electrons. The van der Waals surface area contributed by atoms with E-state index in [1.807, 2.05) is 40.9 Å². The van der Waals surface area contributed by atoms with Gasteiger partial charge in [-0.25, -0.2) is 9.59 Å². The molecule has 0 atom stereocenters. The highest BCUT2D eigenvalue weighted by atomic mass is 16.2. The lowest BCUT2D eigenvalue weighted by Crippen LogP contribution is -2.41. The number of carbonyl (C=O) groups is 2. The Morgan fingerprint density at radius 3 is 2.72 bits per heavy atom. The van der Waals surface area contributed by atoms with Gasteiger partial charge in [0.05, 0.1) is 5.69 Å². The van der Waals surface area contributed by atoms with Crippen LogP contribution in [0.4, 0.5) is 21.0 Å².